The Kier molecular flexibility index (Phi) is 2.74. The van der Waals surface area contributed by atoms with Crippen molar-refractivity contribution in [3.8, 4) is 5.75 Å². The fourth-order valence-corrected chi connectivity index (χ4v) is 1.50. The predicted molar refractivity (Wildman–Crippen MR) is 52.8 cm³/mol. The molecule has 4 nitrogen and oxygen atoms in total. The van der Waals surface area contributed by atoms with Crippen molar-refractivity contribution in [3.63, 3.8) is 0 Å². The molecule has 0 aliphatic carbocycles. The first kappa shape index (κ1) is 10.5. The number of Topliss-reactive ketones (excluding diaryl/α,β-unsaturated/α-hetero) is 1. The van der Waals surface area contributed by atoms with Crippen LogP contribution in [-0.2, 0) is 6.42 Å². The number of hydrogen-bond donors (Lipinski definition) is 2. The van der Waals surface area contributed by atoms with Crippen LogP contribution in [0.3, 0.4) is 0 Å². The van der Waals surface area contributed by atoms with E-state index in [-0.39, 0.29) is 28.2 Å². The summed E-state index contributed by atoms with van der Waals surface area (Å²) in [5, 5.41) is 9.68. The van der Waals surface area contributed by atoms with Gasteiger partial charge >= 0.3 is 0 Å². The van der Waals surface area contributed by atoms with Crippen LogP contribution >= 0.6 is 0 Å². The summed E-state index contributed by atoms with van der Waals surface area (Å²) in [6, 6.07) is 0. The van der Waals surface area contributed by atoms with E-state index in [0.717, 1.165) is 0 Å². The van der Waals surface area contributed by atoms with Crippen molar-refractivity contribution < 1.29 is 9.90 Å². The molecule has 0 bridgehead atoms. The molecule has 0 amide bonds. The van der Waals surface area contributed by atoms with Crippen LogP contribution in [0.1, 0.15) is 35.5 Å². The molecule has 0 spiro atoms. The van der Waals surface area contributed by atoms with E-state index in [0.29, 0.717) is 12.1 Å². The second-order valence-electron chi connectivity index (χ2n) is 3.19. The Morgan fingerprint density at radius 3 is 2.50 bits per heavy atom. The van der Waals surface area contributed by atoms with Crippen molar-refractivity contribution in [2.24, 2.45) is 0 Å². The lowest BCUT2D eigenvalue weighted by Gasteiger charge is -2.08. The van der Waals surface area contributed by atoms with E-state index in [9.17, 15) is 14.7 Å². The van der Waals surface area contributed by atoms with E-state index in [4.69, 9.17) is 0 Å². The number of aromatic hydroxyl groups is 1. The Hall–Kier alpha value is -1.58. The summed E-state index contributed by atoms with van der Waals surface area (Å²) >= 11 is 0. The summed E-state index contributed by atoms with van der Waals surface area (Å²) in [7, 11) is 0. The Balaban J connectivity index is 3.60. The number of pyridine rings is 1. The SMILES string of the molecule is CCc1c(O)c(C(C)=O)c(C)[nH]c1=O. The van der Waals surface area contributed by atoms with Crippen molar-refractivity contribution in [1.82, 2.24) is 4.98 Å². The zero-order valence-corrected chi connectivity index (χ0v) is 8.47. The van der Waals surface area contributed by atoms with Gasteiger partial charge in [0.05, 0.1) is 11.1 Å². The zero-order valence-electron chi connectivity index (χ0n) is 8.47. The largest absolute Gasteiger partial charge is 0.507 e. The van der Waals surface area contributed by atoms with Gasteiger partial charge in [-0.05, 0) is 20.3 Å². The monoisotopic (exact) mass is 195 g/mol. The van der Waals surface area contributed by atoms with E-state index >= 15 is 0 Å². The average molecular weight is 195 g/mol. The number of aromatic amines is 1. The van der Waals surface area contributed by atoms with Gasteiger partial charge in [0.1, 0.15) is 5.75 Å². The van der Waals surface area contributed by atoms with Gasteiger partial charge in [0.25, 0.3) is 5.56 Å². The minimum Gasteiger partial charge on any atom is -0.507 e. The maximum absolute atomic E-state index is 11.3. The van der Waals surface area contributed by atoms with Crippen LogP contribution in [0.2, 0.25) is 0 Å². The van der Waals surface area contributed by atoms with Gasteiger partial charge in [-0.25, -0.2) is 0 Å². The van der Waals surface area contributed by atoms with Crippen LogP contribution < -0.4 is 5.56 Å². The number of aryl methyl sites for hydroxylation is 1. The summed E-state index contributed by atoms with van der Waals surface area (Å²) in [4.78, 5) is 25.1. The maximum atomic E-state index is 11.3. The zero-order chi connectivity index (χ0) is 10.9. The van der Waals surface area contributed by atoms with Crippen LogP contribution in [0.5, 0.6) is 5.75 Å². The molecule has 14 heavy (non-hydrogen) atoms. The molecule has 0 radical (unpaired) electrons. The lowest BCUT2D eigenvalue weighted by Crippen LogP contribution is -2.16. The van der Waals surface area contributed by atoms with Gasteiger partial charge in [0.15, 0.2) is 5.78 Å². The van der Waals surface area contributed by atoms with Crippen molar-refractivity contribution >= 4 is 5.78 Å². The summed E-state index contributed by atoms with van der Waals surface area (Å²) < 4.78 is 0. The molecule has 1 aromatic rings. The Labute approximate surface area is 81.6 Å². The average Bonchev–Trinajstić information content (AvgIpc) is 2.02. The molecule has 76 valence electrons. The third-order valence-corrected chi connectivity index (χ3v) is 2.18. The standard InChI is InChI=1S/C10H13NO3/c1-4-7-9(13)8(6(3)12)5(2)11-10(7)14/h4H2,1-3H3,(H2,11,13,14). The van der Waals surface area contributed by atoms with Gasteiger partial charge in [-0.1, -0.05) is 6.92 Å². The molecule has 0 atom stereocenters. The number of ketones is 1. The molecule has 0 aliphatic heterocycles. The normalized spacial score (nSPS) is 10.2. The highest BCUT2D eigenvalue weighted by atomic mass is 16.3. The molecular weight excluding hydrogens is 182 g/mol. The molecule has 1 rings (SSSR count). The second kappa shape index (κ2) is 3.65. The number of nitrogens with one attached hydrogen (secondary N) is 1. The van der Waals surface area contributed by atoms with E-state index in [1.807, 2.05) is 0 Å². The molecule has 0 aliphatic rings. The quantitative estimate of drug-likeness (QED) is 0.695. The van der Waals surface area contributed by atoms with Gasteiger partial charge in [-0.2, -0.15) is 0 Å². The van der Waals surface area contributed by atoms with Crippen LogP contribution in [-0.4, -0.2) is 15.9 Å². The number of carbonyl (C=O) groups excluding carboxylic acids is 1. The Morgan fingerprint density at radius 2 is 2.07 bits per heavy atom. The van der Waals surface area contributed by atoms with Crippen molar-refractivity contribution in [2.75, 3.05) is 0 Å². The molecular formula is C10H13NO3. The van der Waals surface area contributed by atoms with Crippen LogP contribution in [0.25, 0.3) is 0 Å². The van der Waals surface area contributed by atoms with E-state index in [2.05, 4.69) is 4.98 Å². The minimum atomic E-state index is -0.326. The highest BCUT2D eigenvalue weighted by Crippen LogP contribution is 2.22. The van der Waals surface area contributed by atoms with Gasteiger partial charge in [-0.15, -0.1) is 0 Å². The molecule has 0 saturated carbocycles. The molecule has 1 heterocycles. The van der Waals surface area contributed by atoms with Crippen molar-refractivity contribution in [2.45, 2.75) is 27.2 Å². The number of carbonyl (C=O) groups is 1. The fourth-order valence-electron chi connectivity index (χ4n) is 1.50. The summed E-state index contributed by atoms with van der Waals surface area (Å²) in [6.07, 6.45) is 0.404. The molecule has 1 aromatic heterocycles. The first-order valence-electron chi connectivity index (χ1n) is 4.44. The molecule has 2 N–H and O–H groups in total. The third-order valence-electron chi connectivity index (χ3n) is 2.18. The highest BCUT2D eigenvalue weighted by molar-refractivity contribution is 5.98. The Morgan fingerprint density at radius 1 is 1.50 bits per heavy atom. The van der Waals surface area contributed by atoms with Gasteiger partial charge in [0.2, 0.25) is 0 Å². The van der Waals surface area contributed by atoms with Gasteiger partial charge < -0.3 is 10.1 Å². The lowest BCUT2D eigenvalue weighted by atomic mass is 10.0. The molecule has 4 heteroatoms. The van der Waals surface area contributed by atoms with Crippen molar-refractivity contribution in [1.29, 1.82) is 0 Å². The van der Waals surface area contributed by atoms with Crippen LogP contribution in [0.15, 0.2) is 4.79 Å². The Bertz CT molecular complexity index is 432. The number of aromatic nitrogens is 1. The van der Waals surface area contributed by atoms with E-state index in [1.54, 1.807) is 13.8 Å². The van der Waals surface area contributed by atoms with Crippen molar-refractivity contribution in [3.05, 3.63) is 27.2 Å². The van der Waals surface area contributed by atoms with Crippen LogP contribution in [0.4, 0.5) is 0 Å². The highest BCUT2D eigenvalue weighted by Gasteiger charge is 2.16. The molecule has 0 saturated heterocycles. The van der Waals surface area contributed by atoms with E-state index in [1.165, 1.54) is 6.92 Å². The second-order valence-corrected chi connectivity index (χ2v) is 3.19. The smallest absolute Gasteiger partial charge is 0.255 e. The van der Waals surface area contributed by atoms with Crippen LogP contribution in [0, 0.1) is 6.92 Å². The number of hydrogen-bond acceptors (Lipinski definition) is 3. The summed E-state index contributed by atoms with van der Waals surface area (Å²) in [6.45, 7) is 4.71. The maximum Gasteiger partial charge on any atom is 0.255 e. The summed E-state index contributed by atoms with van der Waals surface area (Å²) in [5.41, 5.74) is 0.562. The number of H-pyrrole nitrogens is 1. The summed E-state index contributed by atoms with van der Waals surface area (Å²) in [5.74, 6) is -0.424. The molecule has 0 aromatic carbocycles. The van der Waals surface area contributed by atoms with Gasteiger partial charge in [0, 0.05) is 5.69 Å². The topological polar surface area (TPSA) is 70.2 Å². The first-order valence-corrected chi connectivity index (χ1v) is 4.44. The lowest BCUT2D eigenvalue weighted by molar-refractivity contribution is 0.101. The van der Waals surface area contributed by atoms with Gasteiger partial charge in [-0.3, -0.25) is 9.59 Å². The third kappa shape index (κ3) is 1.55. The first-order chi connectivity index (χ1) is 6.49. The minimum absolute atomic E-state index is 0.179. The fraction of sp³-hybridized carbons (Fsp3) is 0.400. The van der Waals surface area contributed by atoms with E-state index < -0.39 is 0 Å². The molecule has 0 unspecified atom stereocenters. The molecule has 0 fully saturated rings. The number of rotatable bonds is 2. The predicted octanol–water partition coefficient (Wildman–Crippen LogP) is 1.15.